The zero-order valence-electron chi connectivity index (χ0n) is 19.9. The molecule has 1 aliphatic carbocycles. The number of ether oxygens (including phenoxy) is 1. The van der Waals surface area contributed by atoms with Gasteiger partial charge in [-0.15, -0.1) is 0 Å². The summed E-state index contributed by atoms with van der Waals surface area (Å²) in [6.07, 6.45) is 0.480. The number of benzene rings is 2. The monoisotopic (exact) mass is 464 g/mol. The highest BCUT2D eigenvalue weighted by Crippen LogP contribution is 2.44. The van der Waals surface area contributed by atoms with E-state index in [-0.39, 0.29) is 30.3 Å². The van der Waals surface area contributed by atoms with Gasteiger partial charge in [0.15, 0.2) is 0 Å². The molecule has 1 saturated heterocycles. The standard InChI is InChI=1S/C27H32N2O5/c1-16(2)24(25(30)29-13-12-17(3)14-23(29)26(31)32)28-27(33)34-15-22-20-10-6-4-8-18(20)19-9-5-7-11-21(19)22/h4-11,16-17,22-24H,12-15H2,1-3H3,(H,28,33)(H,31,32)/t17?,23?,24-/m1/s1. The first kappa shape index (κ1) is 23.8. The Morgan fingerprint density at radius 2 is 1.65 bits per heavy atom. The number of alkyl carbamates (subject to hydrolysis) is 1. The second-order valence-corrected chi connectivity index (χ2v) is 9.71. The number of carbonyl (C=O) groups excluding carboxylic acids is 2. The maximum Gasteiger partial charge on any atom is 0.407 e. The molecule has 34 heavy (non-hydrogen) atoms. The van der Waals surface area contributed by atoms with Crippen molar-refractivity contribution >= 4 is 18.0 Å². The smallest absolute Gasteiger partial charge is 0.407 e. The Labute approximate surface area is 200 Å². The minimum Gasteiger partial charge on any atom is -0.480 e. The van der Waals surface area contributed by atoms with E-state index >= 15 is 0 Å². The lowest BCUT2D eigenvalue weighted by molar-refractivity contribution is -0.154. The number of fused-ring (bicyclic) bond motifs is 3. The van der Waals surface area contributed by atoms with Gasteiger partial charge in [-0.2, -0.15) is 0 Å². The van der Waals surface area contributed by atoms with Crippen LogP contribution in [0.15, 0.2) is 48.5 Å². The predicted octanol–water partition coefficient (Wildman–Crippen LogP) is 4.26. The Kier molecular flexibility index (Phi) is 6.91. The third-order valence-electron chi connectivity index (χ3n) is 6.98. The molecule has 1 fully saturated rings. The van der Waals surface area contributed by atoms with Crippen LogP contribution in [0.5, 0.6) is 0 Å². The van der Waals surface area contributed by atoms with Crippen LogP contribution >= 0.6 is 0 Å². The van der Waals surface area contributed by atoms with Gasteiger partial charge in [-0.1, -0.05) is 69.3 Å². The Bertz CT molecular complexity index is 1040. The molecule has 0 spiro atoms. The van der Waals surface area contributed by atoms with Crippen LogP contribution in [-0.2, 0) is 14.3 Å². The average molecular weight is 465 g/mol. The first-order valence-electron chi connectivity index (χ1n) is 11.9. The molecule has 0 saturated carbocycles. The van der Waals surface area contributed by atoms with E-state index in [0.717, 1.165) is 28.7 Å². The minimum absolute atomic E-state index is 0.0775. The van der Waals surface area contributed by atoms with Crippen molar-refractivity contribution in [1.29, 1.82) is 0 Å². The number of hydrogen-bond donors (Lipinski definition) is 2. The van der Waals surface area contributed by atoms with Crippen molar-refractivity contribution in [2.24, 2.45) is 11.8 Å². The molecule has 1 heterocycles. The van der Waals surface area contributed by atoms with Gasteiger partial charge in [-0.3, -0.25) is 4.79 Å². The van der Waals surface area contributed by atoms with Crippen LogP contribution in [0.4, 0.5) is 4.79 Å². The lowest BCUT2D eigenvalue weighted by Crippen LogP contribution is -2.58. The number of nitrogens with one attached hydrogen (secondary N) is 1. The van der Waals surface area contributed by atoms with E-state index in [1.807, 2.05) is 57.2 Å². The van der Waals surface area contributed by atoms with Gasteiger partial charge in [-0.25, -0.2) is 9.59 Å². The third kappa shape index (κ3) is 4.65. The fourth-order valence-electron chi connectivity index (χ4n) is 5.10. The van der Waals surface area contributed by atoms with E-state index in [4.69, 9.17) is 4.74 Å². The van der Waals surface area contributed by atoms with E-state index in [0.29, 0.717) is 13.0 Å². The van der Waals surface area contributed by atoms with Gasteiger partial charge < -0.3 is 20.1 Å². The molecule has 2 N–H and O–H groups in total. The molecule has 180 valence electrons. The van der Waals surface area contributed by atoms with Crippen molar-refractivity contribution in [1.82, 2.24) is 10.2 Å². The first-order chi connectivity index (χ1) is 16.3. The van der Waals surface area contributed by atoms with Crippen molar-refractivity contribution in [2.45, 2.75) is 51.6 Å². The summed E-state index contributed by atoms with van der Waals surface area (Å²) in [4.78, 5) is 39.2. The fraction of sp³-hybridized carbons (Fsp3) is 0.444. The zero-order valence-corrected chi connectivity index (χ0v) is 19.9. The Balaban J connectivity index is 1.44. The molecule has 4 rings (SSSR count). The normalized spacial score (nSPS) is 20.4. The minimum atomic E-state index is -1.01. The number of nitrogens with zero attached hydrogens (tertiary/aromatic N) is 1. The van der Waals surface area contributed by atoms with Crippen molar-refractivity contribution in [3.05, 3.63) is 59.7 Å². The summed E-state index contributed by atoms with van der Waals surface area (Å²) in [5.41, 5.74) is 4.50. The van der Waals surface area contributed by atoms with Crippen LogP contribution in [-0.4, -0.2) is 53.2 Å². The van der Waals surface area contributed by atoms with Crippen LogP contribution in [0.25, 0.3) is 11.1 Å². The van der Waals surface area contributed by atoms with Crippen molar-refractivity contribution in [3.63, 3.8) is 0 Å². The Hall–Kier alpha value is -3.35. The molecule has 2 amide bonds. The molecule has 0 bridgehead atoms. The highest BCUT2D eigenvalue weighted by Gasteiger charge is 2.39. The molecule has 0 radical (unpaired) electrons. The number of rotatable bonds is 6. The highest BCUT2D eigenvalue weighted by molar-refractivity contribution is 5.89. The van der Waals surface area contributed by atoms with Crippen LogP contribution in [0, 0.1) is 11.8 Å². The summed E-state index contributed by atoms with van der Waals surface area (Å²) in [6.45, 7) is 6.17. The molecule has 3 atom stereocenters. The molecular formula is C27H32N2O5. The molecule has 2 aromatic carbocycles. The van der Waals surface area contributed by atoms with Gasteiger partial charge in [0.2, 0.25) is 5.91 Å². The number of aliphatic carboxylic acids is 1. The zero-order chi connectivity index (χ0) is 24.4. The molecule has 7 nitrogen and oxygen atoms in total. The number of carbonyl (C=O) groups is 3. The van der Waals surface area contributed by atoms with Crippen molar-refractivity contribution in [3.8, 4) is 11.1 Å². The van der Waals surface area contributed by atoms with Crippen LogP contribution in [0.2, 0.25) is 0 Å². The summed E-state index contributed by atoms with van der Waals surface area (Å²) in [7, 11) is 0. The van der Waals surface area contributed by atoms with Gasteiger partial charge >= 0.3 is 12.1 Å². The first-order valence-corrected chi connectivity index (χ1v) is 11.9. The lowest BCUT2D eigenvalue weighted by atomic mass is 9.91. The van der Waals surface area contributed by atoms with E-state index in [2.05, 4.69) is 17.4 Å². The molecule has 2 aliphatic rings. The second kappa shape index (κ2) is 9.87. The van der Waals surface area contributed by atoms with E-state index in [1.165, 1.54) is 4.90 Å². The molecule has 2 unspecified atom stereocenters. The Morgan fingerprint density at radius 1 is 1.06 bits per heavy atom. The quantitative estimate of drug-likeness (QED) is 0.666. The number of amides is 2. The number of hydrogen-bond acceptors (Lipinski definition) is 4. The number of likely N-dealkylation sites (tertiary alicyclic amines) is 1. The molecular weight excluding hydrogens is 432 g/mol. The summed E-state index contributed by atoms with van der Waals surface area (Å²) < 4.78 is 5.61. The molecule has 7 heteroatoms. The predicted molar refractivity (Wildman–Crippen MR) is 128 cm³/mol. The van der Waals surface area contributed by atoms with Gasteiger partial charge in [-0.05, 0) is 46.9 Å². The van der Waals surface area contributed by atoms with Crippen molar-refractivity contribution in [2.75, 3.05) is 13.2 Å². The number of piperidine rings is 1. The van der Waals surface area contributed by atoms with Gasteiger partial charge in [0.25, 0.3) is 0 Å². The summed E-state index contributed by atoms with van der Waals surface area (Å²) in [5.74, 6) is -1.45. The van der Waals surface area contributed by atoms with Crippen molar-refractivity contribution < 1.29 is 24.2 Å². The summed E-state index contributed by atoms with van der Waals surface area (Å²) in [5, 5.41) is 12.3. The maximum absolute atomic E-state index is 13.3. The van der Waals surface area contributed by atoms with Crippen LogP contribution in [0.1, 0.15) is 50.7 Å². The largest absolute Gasteiger partial charge is 0.480 e. The number of carboxylic acid groups (broad SMARTS) is 1. The van der Waals surface area contributed by atoms with E-state index < -0.39 is 24.1 Å². The highest BCUT2D eigenvalue weighted by atomic mass is 16.5. The second-order valence-electron chi connectivity index (χ2n) is 9.71. The topological polar surface area (TPSA) is 95.9 Å². The lowest BCUT2D eigenvalue weighted by Gasteiger charge is -2.38. The van der Waals surface area contributed by atoms with Gasteiger partial charge in [0.1, 0.15) is 18.7 Å². The average Bonchev–Trinajstić information content (AvgIpc) is 3.14. The SMILES string of the molecule is CC1CCN(C(=O)[C@H](NC(=O)OCC2c3ccccc3-c3ccccc32)C(C)C)C(C(=O)O)C1. The van der Waals surface area contributed by atoms with E-state index in [1.54, 1.807) is 0 Å². The Morgan fingerprint density at radius 3 is 2.21 bits per heavy atom. The summed E-state index contributed by atoms with van der Waals surface area (Å²) in [6, 6.07) is 14.4. The summed E-state index contributed by atoms with van der Waals surface area (Å²) >= 11 is 0. The number of carboxylic acids is 1. The van der Waals surface area contributed by atoms with E-state index in [9.17, 15) is 19.5 Å². The third-order valence-corrected chi connectivity index (χ3v) is 6.98. The van der Waals surface area contributed by atoms with Gasteiger partial charge in [0, 0.05) is 12.5 Å². The van der Waals surface area contributed by atoms with Crippen LogP contribution in [0.3, 0.4) is 0 Å². The van der Waals surface area contributed by atoms with Gasteiger partial charge in [0.05, 0.1) is 0 Å². The van der Waals surface area contributed by atoms with Crippen LogP contribution < -0.4 is 5.32 Å². The maximum atomic E-state index is 13.3. The molecule has 0 aromatic heterocycles. The molecule has 1 aliphatic heterocycles. The fourth-order valence-corrected chi connectivity index (χ4v) is 5.10. The molecule has 2 aromatic rings.